The van der Waals surface area contributed by atoms with Crippen molar-refractivity contribution in [2.24, 2.45) is 0 Å². The summed E-state index contributed by atoms with van der Waals surface area (Å²) in [6.45, 7) is 3.23. The molecule has 3 heterocycles. The van der Waals surface area contributed by atoms with E-state index in [0.717, 1.165) is 47.4 Å². The van der Waals surface area contributed by atoms with Gasteiger partial charge in [-0.25, -0.2) is 9.97 Å². The summed E-state index contributed by atoms with van der Waals surface area (Å²) in [7, 11) is 3.59. The van der Waals surface area contributed by atoms with Gasteiger partial charge in [0.2, 0.25) is 5.91 Å². The Morgan fingerprint density at radius 3 is 2.82 bits per heavy atom. The van der Waals surface area contributed by atoms with Gasteiger partial charge in [0.1, 0.15) is 10.6 Å². The van der Waals surface area contributed by atoms with Gasteiger partial charge in [0.05, 0.1) is 11.9 Å². The Kier molecular flexibility index (Phi) is 5.26. The van der Waals surface area contributed by atoms with Crippen LogP contribution >= 0.6 is 11.3 Å². The quantitative estimate of drug-likeness (QED) is 0.639. The average molecular weight is 396 g/mol. The molecule has 0 radical (unpaired) electrons. The summed E-state index contributed by atoms with van der Waals surface area (Å²) >= 11 is 1.78. The molecule has 3 aromatic heterocycles. The van der Waals surface area contributed by atoms with Gasteiger partial charge in [-0.15, -0.1) is 11.3 Å². The Labute approximate surface area is 169 Å². The molecule has 1 aliphatic carbocycles. The molecule has 0 atom stereocenters. The molecule has 0 bridgehead atoms. The van der Waals surface area contributed by atoms with Gasteiger partial charge in [-0.1, -0.05) is 6.92 Å². The third kappa shape index (κ3) is 3.46. The standard InChI is InChI=1S/C21H25N5OS/c1-4-11-26(13-17(27)25(2)3)20-18-15-8-5-9-16(15)28-21(18)24-19(23-20)14-7-6-10-22-12-14/h6-7,10,12H,4-5,8-9,11,13H2,1-3H3. The number of amides is 1. The number of hydrogen-bond donors (Lipinski definition) is 0. The Balaban J connectivity index is 1.89. The minimum absolute atomic E-state index is 0.0787. The first kappa shape index (κ1) is 18.8. The van der Waals surface area contributed by atoms with Crippen LogP contribution in [-0.2, 0) is 17.6 Å². The maximum Gasteiger partial charge on any atom is 0.241 e. The number of carbonyl (C=O) groups is 1. The lowest BCUT2D eigenvalue weighted by molar-refractivity contribution is -0.127. The van der Waals surface area contributed by atoms with Gasteiger partial charge in [-0.05, 0) is 43.4 Å². The molecule has 0 N–H and O–H groups in total. The smallest absolute Gasteiger partial charge is 0.241 e. The number of nitrogens with zero attached hydrogens (tertiary/aromatic N) is 5. The van der Waals surface area contributed by atoms with Crippen molar-refractivity contribution < 1.29 is 4.79 Å². The molecule has 0 saturated carbocycles. The second-order valence-corrected chi connectivity index (χ2v) is 8.44. The monoisotopic (exact) mass is 395 g/mol. The number of rotatable bonds is 6. The van der Waals surface area contributed by atoms with E-state index in [0.29, 0.717) is 12.4 Å². The minimum atomic E-state index is 0.0787. The van der Waals surface area contributed by atoms with Crippen LogP contribution in [0, 0.1) is 0 Å². The van der Waals surface area contributed by atoms with E-state index in [1.54, 1.807) is 42.7 Å². The summed E-state index contributed by atoms with van der Waals surface area (Å²) in [5.41, 5.74) is 2.28. The molecule has 0 spiro atoms. The molecule has 3 aromatic rings. The number of aryl methyl sites for hydroxylation is 2. The number of anilines is 1. The van der Waals surface area contributed by atoms with Gasteiger partial charge < -0.3 is 9.80 Å². The van der Waals surface area contributed by atoms with Gasteiger partial charge in [-0.2, -0.15) is 0 Å². The van der Waals surface area contributed by atoms with E-state index in [4.69, 9.17) is 9.97 Å². The number of fused-ring (bicyclic) bond motifs is 3. The van der Waals surface area contributed by atoms with E-state index < -0.39 is 0 Å². The van der Waals surface area contributed by atoms with Crippen molar-refractivity contribution in [1.29, 1.82) is 0 Å². The number of hydrogen-bond acceptors (Lipinski definition) is 6. The summed E-state index contributed by atoms with van der Waals surface area (Å²) in [5, 5.41) is 1.14. The van der Waals surface area contributed by atoms with Crippen LogP contribution in [0.5, 0.6) is 0 Å². The summed E-state index contributed by atoms with van der Waals surface area (Å²) < 4.78 is 0. The topological polar surface area (TPSA) is 62.2 Å². The van der Waals surface area contributed by atoms with E-state index in [9.17, 15) is 4.79 Å². The fourth-order valence-electron chi connectivity index (χ4n) is 3.66. The van der Waals surface area contributed by atoms with E-state index in [2.05, 4.69) is 16.8 Å². The number of thiophene rings is 1. The zero-order valence-electron chi connectivity index (χ0n) is 16.6. The third-order valence-corrected chi connectivity index (χ3v) is 6.27. The van der Waals surface area contributed by atoms with Crippen molar-refractivity contribution in [2.45, 2.75) is 32.6 Å². The van der Waals surface area contributed by atoms with E-state index >= 15 is 0 Å². The van der Waals surface area contributed by atoms with Crippen LogP contribution in [0.15, 0.2) is 24.5 Å². The maximum absolute atomic E-state index is 12.5. The molecule has 0 fully saturated rings. The molecule has 6 nitrogen and oxygen atoms in total. The first-order chi connectivity index (χ1) is 13.6. The van der Waals surface area contributed by atoms with E-state index in [1.165, 1.54) is 16.9 Å². The normalized spacial score (nSPS) is 13.0. The zero-order valence-corrected chi connectivity index (χ0v) is 17.4. The molecular formula is C21H25N5OS. The van der Waals surface area contributed by atoms with Crippen LogP contribution in [0.2, 0.25) is 0 Å². The van der Waals surface area contributed by atoms with Crippen molar-refractivity contribution in [2.75, 3.05) is 32.1 Å². The molecule has 1 aliphatic rings. The van der Waals surface area contributed by atoms with Gasteiger partial charge >= 0.3 is 0 Å². The highest BCUT2D eigenvalue weighted by Gasteiger charge is 2.26. The second-order valence-electron chi connectivity index (χ2n) is 7.36. The summed E-state index contributed by atoms with van der Waals surface area (Å²) in [5.74, 6) is 1.64. The largest absolute Gasteiger partial charge is 0.347 e. The second kappa shape index (κ2) is 7.83. The first-order valence-corrected chi connectivity index (χ1v) is 10.6. The summed E-state index contributed by atoms with van der Waals surface area (Å²) in [6.07, 6.45) is 7.86. The molecule has 0 aliphatic heterocycles. The highest BCUT2D eigenvalue weighted by molar-refractivity contribution is 7.19. The molecule has 4 rings (SSSR count). The van der Waals surface area contributed by atoms with Crippen LogP contribution < -0.4 is 4.90 Å². The van der Waals surface area contributed by atoms with Gasteiger partial charge in [0.25, 0.3) is 0 Å². The van der Waals surface area contributed by atoms with Crippen molar-refractivity contribution in [3.8, 4) is 11.4 Å². The fourth-order valence-corrected chi connectivity index (χ4v) is 4.92. The lowest BCUT2D eigenvalue weighted by atomic mass is 10.1. The molecule has 7 heteroatoms. The molecule has 0 saturated heterocycles. The van der Waals surface area contributed by atoms with Crippen LogP contribution in [0.25, 0.3) is 21.6 Å². The average Bonchev–Trinajstić information content (AvgIpc) is 3.28. The van der Waals surface area contributed by atoms with Crippen LogP contribution in [0.1, 0.15) is 30.2 Å². The van der Waals surface area contributed by atoms with Gasteiger partial charge in [-0.3, -0.25) is 9.78 Å². The SMILES string of the molecule is CCCN(CC(=O)N(C)C)c1nc(-c2cccnc2)nc2sc3c(c12)CCC3. The summed E-state index contributed by atoms with van der Waals surface area (Å²) in [6, 6.07) is 3.88. The van der Waals surface area contributed by atoms with Gasteiger partial charge in [0.15, 0.2) is 5.82 Å². The molecule has 1 amide bonds. The molecule has 0 aromatic carbocycles. The van der Waals surface area contributed by atoms with Crippen molar-refractivity contribution in [3.63, 3.8) is 0 Å². The molecule has 28 heavy (non-hydrogen) atoms. The molecule has 146 valence electrons. The third-order valence-electron chi connectivity index (χ3n) is 5.08. The molecule has 0 unspecified atom stereocenters. The fraction of sp³-hybridized carbons (Fsp3) is 0.429. The minimum Gasteiger partial charge on any atom is -0.347 e. The molecular weight excluding hydrogens is 370 g/mol. The Morgan fingerprint density at radius 2 is 2.11 bits per heavy atom. The zero-order chi connectivity index (χ0) is 19.7. The van der Waals surface area contributed by atoms with Crippen molar-refractivity contribution in [3.05, 3.63) is 35.0 Å². The predicted octanol–water partition coefficient (Wildman–Crippen LogP) is 3.55. The van der Waals surface area contributed by atoms with Crippen LogP contribution in [-0.4, -0.2) is 52.9 Å². The van der Waals surface area contributed by atoms with E-state index in [-0.39, 0.29) is 5.91 Å². The lowest BCUT2D eigenvalue weighted by Gasteiger charge is -2.25. The maximum atomic E-state index is 12.5. The van der Waals surface area contributed by atoms with Crippen molar-refractivity contribution >= 4 is 33.3 Å². The van der Waals surface area contributed by atoms with Crippen LogP contribution in [0.4, 0.5) is 5.82 Å². The summed E-state index contributed by atoms with van der Waals surface area (Å²) in [4.78, 5) is 32.8. The number of likely N-dealkylation sites (N-methyl/N-ethyl adjacent to an activating group) is 1. The first-order valence-electron chi connectivity index (χ1n) is 9.76. The Bertz CT molecular complexity index is 999. The lowest BCUT2D eigenvalue weighted by Crippen LogP contribution is -2.37. The highest BCUT2D eigenvalue weighted by atomic mass is 32.1. The van der Waals surface area contributed by atoms with Crippen LogP contribution in [0.3, 0.4) is 0 Å². The Hall–Kier alpha value is -2.54. The number of aromatic nitrogens is 3. The Morgan fingerprint density at radius 1 is 1.25 bits per heavy atom. The van der Waals surface area contributed by atoms with Crippen molar-refractivity contribution in [1.82, 2.24) is 19.9 Å². The van der Waals surface area contributed by atoms with Gasteiger partial charge in [0, 0.05) is 43.5 Å². The number of pyridine rings is 1. The number of carbonyl (C=O) groups excluding carboxylic acids is 1. The van der Waals surface area contributed by atoms with E-state index in [1.807, 2.05) is 12.1 Å². The highest BCUT2D eigenvalue weighted by Crippen LogP contribution is 2.41. The predicted molar refractivity (Wildman–Crippen MR) is 114 cm³/mol.